The van der Waals surface area contributed by atoms with Crippen molar-refractivity contribution in [3.05, 3.63) is 70.8 Å². The number of hydrogen-bond donors (Lipinski definition) is 2. The Balaban J connectivity index is 1.71. The molecule has 2 N–H and O–H groups in total. The highest BCUT2D eigenvalue weighted by Crippen LogP contribution is 2.23. The van der Waals surface area contributed by atoms with E-state index in [9.17, 15) is 19.5 Å². The molecule has 0 radical (unpaired) electrons. The molecule has 0 aliphatic carbocycles. The van der Waals surface area contributed by atoms with Crippen LogP contribution in [0.4, 0.5) is 4.79 Å². The van der Waals surface area contributed by atoms with Crippen LogP contribution in [0, 0.1) is 6.92 Å². The van der Waals surface area contributed by atoms with E-state index in [4.69, 9.17) is 0 Å². The van der Waals surface area contributed by atoms with Gasteiger partial charge in [-0.2, -0.15) is 0 Å². The molecule has 26 heavy (non-hydrogen) atoms. The lowest BCUT2D eigenvalue weighted by Gasteiger charge is -2.06. The average Bonchev–Trinajstić information content (AvgIpc) is 2.93. The number of aryl methyl sites for hydroxylation is 1. The number of aromatic hydroxyl groups is 1. The minimum atomic E-state index is -0.455. The van der Waals surface area contributed by atoms with Crippen molar-refractivity contribution in [2.75, 3.05) is 0 Å². The van der Waals surface area contributed by atoms with Crippen molar-refractivity contribution in [3.8, 4) is 5.75 Å². The second-order valence-electron chi connectivity index (χ2n) is 6.03. The normalized spacial score (nSPS) is 16.9. The number of hydrogen-bond acceptors (Lipinski definition) is 5. The van der Waals surface area contributed by atoms with Crippen molar-refractivity contribution in [1.82, 2.24) is 5.32 Å². The molecule has 132 valence electrons. The van der Waals surface area contributed by atoms with E-state index in [-0.39, 0.29) is 22.7 Å². The highest BCUT2D eigenvalue weighted by atomic mass is 32.2. The molecule has 1 unspecified atom stereocenters. The molecule has 0 bridgehead atoms. The maximum Gasteiger partial charge on any atom is 0.286 e. The van der Waals surface area contributed by atoms with Crippen molar-refractivity contribution < 1.29 is 19.5 Å². The van der Waals surface area contributed by atoms with E-state index >= 15 is 0 Å². The van der Waals surface area contributed by atoms with E-state index in [0.717, 1.165) is 28.5 Å². The van der Waals surface area contributed by atoms with Gasteiger partial charge in [-0.25, -0.2) is 0 Å². The van der Waals surface area contributed by atoms with Gasteiger partial charge in [-0.3, -0.25) is 19.7 Å². The Labute approximate surface area is 155 Å². The number of benzene rings is 2. The van der Waals surface area contributed by atoms with Crippen LogP contribution in [-0.2, 0) is 11.2 Å². The second-order valence-corrected chi connectivity index (χ2v) is 7.21. The summed E-state index contributed by atoms with van der Waals surface area (Å²) in [5.41, 5.74) is 2.90. The number of ketones is 1. The van der Waals surface area contributed by atoms with E-state index in [1.807, 2.05) is 6.07 Å². The fourth-order valence-corrected chi connectivity index (χ4v) is 3.50. The summed E-state index contributed by atoms with van der Waals surface area (Å²) in [5.74, 6) is -0.231. The SMILES string of the molecule is Cc1cc(/C=C/C(=O)c2cccc(CC3SC(=O)NC3=O)c2)ccc1O. The molecular weight excluding hydrogens is 350 g/mol. The lowest BCUT2D eigenvalue weighted by molar-refractivity contribution is -0.118. The van der Waals surface area contributed by atoms with Crippen LogP contribution in [0.25, 0.3) is 6.08 Å². The van der Waals surface area contributed by atoms with Crippen molar-refractivity contribution in [1.29, 1.82) is 0 Å². The average molecular weight is 367 g/mol. The number of amides is 2. The predicted octanol–water partition coefficient (Wildman–Crippen LogP) is 3.49. The van der Waals surface area contributed by atoms with Crippen LogP contribution >= 0.6 is 11.8 Å². The third-order valence-corrected chi connectivity index (χ3v) is 5.03. The highest BCUT2D eigenvalue weighted by molar-refractivity contribution is 8.15. The Kier molecular flexibility index (Phi) is 5.23. The fraction of sp³-hybridized carbons (Fsp3) is 0.150. The number of nitrogens with one attached hydrogen (secondary N) is 1. The molecule has 1 saturated heterocycles. The molecule has 2 amide bonds. The Bertz CT molecular complexity index is 920. The van der Waals surface area contributed by atoms with Gasteiger partial charge in [0.2, 0.25) is 5.91 Å². The van der Waals surface area contributed by atoms with E-state index in [1.54, 1.807) is 49.4 Å². The summed E-state index contributed by atoms with van der Waals surface area (Å²) in [7, 11) is 0. The largest absolute Gasteiger partial charge is 0.508 e. The van der Waals surface area contributed by atoms with Gasteiger partial charge in [0.15, 0.2) is 5.78 Å². The highest BCUT2D eigenvalue weighted by Gasteiger charge is 2.31. The summed E-state index contributed by atoms with van der Waals surface area (Å²) in [4.78, 5) is 35.3. The Hall–Kier alpha value is -2.86. The third-order valence-electron chi connectivity index (χ3n) is 4.05. The lowest BCUT2D eigenvalue weighted by atomic mass is 10.0. The molecule has 0 aromatic heterocycles. The quantitative estimate of drug-likeness (QED) is 0.624. The van der Waals surface area contributed by atoms with Crippen molar-refractivity contribution in [3.63, 3.8) is 0 Å². The van der Waals surface area contributed by atoms with Gasteiger partial charge in [0.25, 0.3) is 5.24 Å². The minimum absolute atomic E-state index is 0.155. The van der Waals surface area contributed by atoms with Gasteiger partial charge in [-0.1, -0.05) is 42.1 Å². The number of thioether (sulfide) groups is 1. The van der Waals surface area contributed by atoms with Gasteiger partial charge in [-0.15, -0.1) is 0 Å². The summed E-state index contributed by atoms with van der Waals surface area (Å²) >= 11 is 0.974. The molecule has 1 aliphatic rings. The molecule has 2 aromatic rings. The number of carbonyl (C=O) groups is 3. The molecule has 5 nitrogen and oxygen atoms in total. The zero-order valence-corrected chi connectivity index (χ0v) is 14.9. The summed E-state index contributed by atoms with van der Waals surface area (Å²) in [6.45, 7) is 1.79. The summed E-state index contributed by atoms with van der Waals surface area (Å²) in [6.07, 6.45) is 3.57. The van der Waals surface area contributed by atoms with Crippen molar-refractivity contribution in [2.45, 2.75) is 18.6 Å². The third kappa shape index (κ3) is 4.21. The standard InChI is InChI=1S/C20H17NO4S/c1-12-9-13(5-7-16(12)22)6-8-17(23)15-4-2-3-14(10-15)11-18-19(24)21-20(25)26-18/h2-10,18,22H,11H2,1H3,(H,21,24,25)/b8-6+. The Morgan fingerprint density at radius 1 is 1.23 bits per heavy atom. The van der Waals surface area contributed by atoms with Crippen molar-refractivity contribution >= 4 is 34.8 Å². The predicted molar refractivity (Wildman–Crippen MR) is 101 cm³/mol. The summed E-state index contributed by atoms with van der Waals surface area (Å²) in [5, 5.41) is 11.0. The molecule has 0 spiro atoms. The van der Waals surface area contributed by atoms with Crippen LogP contribution < -0.4 is 5.32 Å². The van der Waals surface area contributed by atoms with Crippen LogP contribution in [0.1, 0.15) is 27.0 Å². The molecule has 3 rings (SSSR count). The number of phenolic OH excluding ortho intramolecular Hbond substituents is 1. The maximum atomic E-state index is 12.4. The number of imide groups is 1. The van der Waals surface area contributed by atoms with Gasteiger partial charge in [0.1, 0.15) is 5.75 Å². The minimum Gasteiger partial charge on any atom is -0.508 e. The molecule has 6 heteroatoms. The lowest BCUT2D eigenvalue weighted by Crippen LogP contribution is -2.25. The molecule has 1 fully saturated rings. The van der Waals surface area contributed by atoms with Crippen LogP contribution in [0.3, 0.4) is 0 Å². The Morgan fingerprint density at radius 3 is 2.73 bits per heavy atom. The monoisotopic (exact) mass is 367 g/mol. The van der Waals surface area contributed by atoms with Crippen LogP contribution in [0.2, 0.25) is 0 Å². The van der Waals surface area contributed by atoms with Gasteiger partial charge in [-0.05, 0) is 54.3 Å². The smallest absolute Gasteiger partial charge is 0.286 e. The van der Waals surface area contributed by atoms with Gasteiger partial charge >= 0.3 is 0 Å². The number of phenols is 1. The van der Waals surface area contributed by atoms with E-state index < -0.39 is 5.25 Å². The van der Waals surface area contributed by atoms with Gasteiger partial charge < -0.3 is 5.11 Å². The van der Waals surface area contributed by atoms with Gasteiger partial charge in [0, 0.05) is 5.56 Å². The van der Waals surface area contributed by atoms with E-state index in [0.29, 0.717) is 12.0 Å². The number of rotatable bonds is 5. The van der Waals surface area contributed by atoms with Crippen LogP contribution in [-0.4, -0.2) is 27.3 Å². The first kappa shape index (κ1) is 17.9. The summed E-state index contributed by atoms with van der Waals surface area (Å²) in [6, 6.07) is 12.2. The van der Waals surface area contributed by atoms with E-state index in [2.05, 4.69) is 5.32 Å². The van der Waals surface area contributed by atoms with Crippen LogP contribution in [0.5, 0.6) is 5.75 Å². The molecule has 1 heterocycles. The summed E-state index contributed by atoms with van der Waals surface area (Å²) < 4.78 is 0. The number of carbonyl (C=O) groups excluding carboxylic acids is 3. The fourth-order valence-electron chi connectivity index (χ4n) is 2.64. The first-order valence-corrected chi connectivity index (χ1v) is 8.93. The topological polar surface area (TPSA) is 83.5 Å². The molecule has 0 saturated carbocycles. The molecule has 1 aliphatic heterocycles. The van der Waals surface area contributed by atoms with Crippen molar-refractivity contribution in [2.24, 2.45) is 0 Å². The van der Waals surface area contributed by atoms with Gasteiger partial charge in [0.05, 0.1) is 5.25 Å². The zero-order chi connectivity index (χ0) is 18.7. The first-order valence-electron chi connectivity index (χ1n) is 8.05. The number of allylic oxidation sites excluding steroid dienone is 1. The van der Waals surface area contributed by atoms with Crippen LogP contribution in [0.15, 0.2) is 48.5 Å². The molecular formula is C20H17NO4S. The van der Waals surface area contributed by atoms with E-state index in [1.165, 1.54) is 6.08 Å². The Morgan fingerprint density at radius 2 is 2.04 bits per heavy atom. The molecule has 1 atom stereocenters. The first-order chi connectivity index (χ1) is 12.4. The zero-order valence-electron chi connectivity index (χ0n) is 14.1. The molecule has 2 aromatic carbocycles. The second kappa shape index (κ2) is 7.58. The maximum absolute atomic E-state index is 12.4.